The van der Waals surface area contributed by atoms with Crippen LogP contribution in [-0.4, -0.2) is 22.5 Å². The fraction of sp³-hybridized carbons (Fsp3) is 0.867. The van der Waals surface area contributed by atoms with Gasteiger partial charge < -0.3 is 10.4 Å². The minimum absolute atomic E-state index is 0.0124. The van der Waals surface area contributed by atoms with Crippen LogP contribution in [0.1, 0.15) is 71.6 Å². The number of amides is 1. The number of rotatable bonds is 7. The Hall–Kier alpha value is -1.06. The molecule has 1 amide bonds. The van der Waals surface area contributed by atoms with E-state index in [0.29, 0.717) is 12.8 Å². The van der Waals surface area contributed by atoms with E-state index in [4.69, 9.17) is 0 Å². The highest BCUT2D eigenvalue weighted by molar-refractivity contribution is 5.87. The van der Waals surface area contributed by atoms with Crippen molar-refractivity contribution < 1.29 is 14.7 Å². The van der Waals surface area contributed by atoms with E-state index >= 15 is 0 Å². The first-order valence-electron chi connectivity index (χ1n) is 7.57. The van der Waals surface area contributed by atoms with Gasteiger partial charge in [-0.15, -0.1) is 0 Å². The standard InChI is InChI=1S/C15H27NO3/c1-3-4-5-6-10-13(17)16-15(14(18)19)11-8-7-9-12(15)2/h12H,3-11H2,1-2H3,(H,16,17)(H,18,19). The molecule has 2 unspecified atom stereocenters. The number of carboxylic acid groups (broad SMARTS) is 1. The second-order valence-electron chi connectivity index (χ2n) is 5.78. The molecule has 1 aliphatic rings. The number of hydrogen-bond acceptors (Lipinski definition) is 2. The zero-order valence-corrected chi connectivity index (χ0v) is 12.2. The summed E-state index contributed by atoms with van der Waals surface area (Å²) < 4.78 is 0. The van der Waals surface area contributed by atoms with Crippen molar-refractivity contribution in [3.63, 3.8) is 0 Å². The van der Waals surface area contributed by atoms with E-state index in [1.807, 2.05) is 6.92 Å². The molecular formula is C15H27NO3. The number of carbonyl (C=O) groups is 2. The number of carboxylic acids is 1. The average molecular weight is 269 g/mol. The highest BCUT2D eigenvalue weighted by Crippen LogP contribution is 2.34. The minimum atomic E-state index is -1.03. The zero-order valence-electron chi connectivity index (χ0n) is 12.2. The van der Waals surface area contributed by atoms with Gasteiger partial charge in [-0.3, -0.25) is 4.79 Å². The van der Waals surface area contributed by atoms with Crippen molar-refractivity contribution >= 4 is 11.9 Å². The Morgan fingerprint density at radius 3 is 2.58 bits per heavy atom. The summed E-state index contributed by atoms with van der Waals surface area (Å²) in [5, 5.41) is 12.3. The van der Waals surface area contributed by atoms with Crippen molar-refractivity contribution in [1.29, 1.82) is 0 Å². The van der Waals surface area contributed by atoms with E-state index < -0.39 is 11.5 Å². The van der Waals surface area contributed by atoms with Gasteiger partial charge in [0.15, 0.2) is 0 Å². The van der Waals surface area contributed by atoms with Crippen molar-refractivity contribution in [2.45, 2.75) is 77.2 Å². The lowest BCUT2D eigenvalue weighted by Crippen LogP contribution is -2.59. The highest BCUT2D eigenvalue weighted by Gasteiger charge is 2.46. The third-order valence-corrected chi connectivity index (χ3v) is 4.30. The molecule has 0 heterocycles. The molecule has 0 radical (unpaired) electrons. The van der Waals surface area contributed by atoms with Crippen molar-refractivity contribution in [2.75, 3.05) is 0 Å². The lowest BCUT2D eigenvalue weighted by molar-refractivity contribution is -0.152. The van der Waals surface area contributed by atoms with Crippen LogP contribution in [0.4, 0.5) is 0 Å². The Bertz CT molecular complexity index is 317. The molecular weight excluding hydrogens is 242 g/mol. The first kappa shape index (κ1) is 16.0. The molecule has 1 fully saturated rings. The molecule has 4 nitrogen and oxygen atoms in total. The van der Waals surface area contributed by atoms with Gasteiger partial charge in [0.2, 0.25) is 5.91 Å². The summed E-state index contributed by atoms with van der Waals surface area (Å²) in [6, 6.07) is 0. The van der Waals surface area contributed by atoms with Crippen LogP contribution in [0.3, 0.4) is 0 Å². The topological polar surface area (TPSA) is 66.4 Å². The summed E-state index contributed by atoms with van der Waals surface area (Å²) in [6.45, 7) is 4.06. The van der Waals surface area contributed by atoms with Gasteiger partial charge in [-0.2, -0.15) is 0 Å². The third-order valence-electron chi connectivity index (χ3n) is 4.30. The Labute approximate surface area is 116 Å². The highest BCUT2D eigenvalue weighted by atomic mass is 16.4. The Balaban J connectivity index is 2.53. The second-order valence-corrected chi connectivity index (χ2v) is 5.78. The molecule has 2 N–H and O–H groups in total. The quantitative estimate of drug-likeness (QED) is 0.698. The fourth-order valence-corrected chi connectivity index (χ4v) is 2.93. The van der Waals surface area contributed by atoms with E-state index in [0.717, 1.165) is 44.9 Å². The fourth-order valence-electron chi connectivity index (χ4n) is 2.93. The van der Waals surface area contributed by atoms with E-state index in [-0.39, 0.29) is 11.8 Å². The molecule has 19 heavy (non-hydrogen) atoms. The maximum atomic E-state index is 12.0. The van der Waals surface area contributed by atoms with Gasteiger partial charge in [0.05, 0.1) is 0 Å². The number of hydrogen-bond donors (Lipinski definition) is 2. The summed E-state index contributed by atoms with van der Waals surface area (Å²) in [7, 11) is 0. The normalized spacial score (nSPS) is 26.9. The molecule has 0 spiro atoms. The molecule has 4 heteroatoms. The summed E-state index contributed by atoms with van der Waals surface area (Å²) >= 11 is 0. The molecule has 1 saturated carbocycles. The summed E-state index contributed by atoms with van der Waals surface area (Å²) in [4.78, 5) is 23.5. The van der Waals surface area contributed by atoms with Crippen LogP contribution in [0, 0.1) is 5.92 Å². The van der Waals surface area contributed by atoms with Crippen LogP contribution >= 0.6 is 0 Å². The number of unbranched alkanes of at least 4 members (excludes halogenated alkanes) is 3. The number of nitrogens with one attached hydrogen (secondary N) is 1. The van der Waals surface area contributed by atoms with Gasteiger partial charge in [-0.25, -0.2) is 4.79 Å². The molecule has 0 aromatic heterocycles. The van der Waals surface area contributed by atoms with E-state index in [1.165, 1.54) is 0 Å². The maximum absolute atomic E-state index is 12.0. The van der Waals surface area contributed by atoms with Crippen molar-refractivity contribution in [2.24, 2.45) is 5.92 Å². The van der Waals surface area contributed by atoms with Gasteiger partial charge in [-0.1, -0.05) is 46.0 Å². The van der Waals surface area contributed by atoms with Gasteiger partial charge in [-0.05, 0) is 25.2 Å². The van der Waals surface area contributed by atoms with Crippen LogP contribution < -0.4 is 5.32 Å². The maximum Gasteiger partial charge on any atom is 0.329 e. The smallest absolute Gasteiger partial charge is 0.329 e. The summed E-state index contributed by atoms with van der Waals surface area (Å²) in [6.07, 6.45) is 7.98. The summed E-state index contributed by atoms with van der Waals surface area (Å²) in [5.41, 5.74) is -1.03. The molecule has 1 aliphatic carbocycles. The van der Waals surface area contributed by atoms with Crippen LogP contribution in [0.15, 0.2) is 0 Å². The molecule has 0 bridgehead atoms. The van der Waals surface area contributed by atoms with Crippen LogP contribution in [0.5, 0.6) is 0 Å². The molecule has 1 rings (SSSR count). The first-order valence-corrected chi connectivity index (χ1v) is 7.57. The molecule has 0 saturated heterocycles. The van der Waals surface area contributed by atoms with Gasteiger partial charge in [0.1, 0.15) is 5.54 Å². The van der Waals surface area contributed by atoms with Crippen LogP contribution in [0.25, 0.3) is 0 Å². The zero-order chi connectivity index (χ0) is 14.3. The Kier molecular flexibility index (Phi) is 6.32. The largest absolute Gasteiger partial charge is 0.479 e. The predicted molar refractivity (Wildman–Crippen MR) is 74.9 cm³/mol. The second kappa shape index (κ2) is 7.51. The van der Waals surface area contributed by atoms with Crippen molar-refractivity contribution in [1.82, 2.24) is 5.32 Å². The van der Waals surface area contributed by atoms with Crippen molar-refractivity contribution in [3.8, 4) is 0 Å². The first-order chi connectivity index (χ1) is 9.03. The molecule has 0 aliphatic heterocycles. The average Bonchev–Trinajstić information content (AvgIpc) is 2.37. The Morgan fingerprint density at radius 1 is 1.26 bits per heavy atom. The van der Waals surface area contributed by atoms with Crippen LogP contribution in [-0.2, 0) is 9.59 Å². The summed E-state index contributed by atoms with van der Waals surface area (Å²) in [5.74, 6) is -0.966. The molecule has 0 aromatic carbocycles. The monoisotopic (exact) mass is 269 g/mol. The predicted octanol–water partition coefficient (Wildman–Crippen LogP) is 3.11. The van der Waals surface area contributed by atoms with E-state index in [9.17, 15) is 14.7 Å². The van der Waals surface area contributed by atoms with Gasteiger partial charge in [0, 0.05) is 6.42 Å². The molecule has 2 atom stereocenters. The van der Waals surface area contributed by atoms with E-state index in [1.54, 1.807) is 0 Å². The number of carbonyl (C=O) groups excluding carboxylic acids is 1. The van der Waals surface area contributed by atoms with Crippen LogP contribution in [0.2, 0.25) is 0 Å². The third kappa shape index (κ3) is 4.22. The minimum Gasteiger partial charge on any atom is -0.479 e. The lowest BCUT2D eigenvalue weighted by Gasteiger charge is -2.39. The Morgan fingerprint density at radius 2 is 2.00 bits per heavy atom. The number of aliphatic carboxylic acids is 1. The van der Waals surface area contributed by atoms with Gasteiger partial charge in [0.25, 0.3) is 0 Å². The molecule has 0 aromatic rings. The van der Waals surface area contributed by atoms with Crippen molar-refractivity contribution in [3.05, 3.63) is 0 Å². The molecule has 110 valence electrons. The lowest BCUT2D eigenvalue weighted by atomic mass is 9.73. The van der Waals surface area contributed by atoms with E-state index in [2.05, 4.69) is 12.2 Å². The van der Waals surface area contributed by atoms with Gasteiger partial charge >= 0.3 is 5.97 Å². The SMILES string of the molecule is CCCCCCC(=O)NC1(C(=O)O)CCCCC1C.